The first-order valence-electron chi connectivity index (χ1n) is 22.5. The van der Waals surface area contributed by atoms with E-state index in [2.05, 4.69) is 21.3 Å². The van der Waals surface area contributed by atoms with E-state index in [0.717, 1.165) is 5.56 Å². The number of nitrogens with one attached hydrogen (secondary N) is 4. The van der Waals surface area contributed by atoms with Gasteiger partial charge >= 0.3 is 18.2 Å². The smallest absolute Gasteiger partial charge is 0.408 e. The SMILES string of the molecule is COC(=O)[C@H](CCCNC(=O)OC1CC(C)(C)N(O)C(C)(C)C1)NC(=O)[C@@H](NC(=O)[C@@H]1CCCN1C(=O)[C@H](/C=C/[C@H](CC(C)C)NC(=O)OC(C)(C)C)Cc1ccccc1)C(C)C. The second-order valence-corrected chi connectivity index (χ2v) is 20.0. The average molecular weight is 885 g/mol. The first-order valence-corrected chi connectivity index (χ1v) is 22.5. The lowest BCUT2D eigenvalue weighted by molar-refractivity contribution is -0.256. The Morgan fingerprint density at radius 2 is 1.54 bits per heavy atom. The van der Waals surface area contributed by atoms with Crippen molar-refractivity contribution >= 4 is 35.9 Å². The molecule has 2 aliphatic heterocycles. The lowest BCUT2D eigenvalue weighted by atomic mass is 9.80. The molecule has 3 rings (SSSR count). The Morgan fingerprint density at radius 1 is 0.905 bits per heavy atom. The highest BCUT2D eigenvalue weighted by molar-refractivity contribution is 5.94. The van der Waals surface area contributed by atoms with Crippen LogP contribution in [0.4, 0.5) is 9.59 Å². The molecule has 354 valence electrons. The number of esters is 1. The normalized spacial score (nSPS) is 19.8. The summed E-state index contributed by atoms with van der Waals surface area (Å²) in [5, 5.41) is 23.1. The summed E-state index contributed by atoms with van der Waals surface area (Å²) in [6, 6.07) is 6.25. The minimum absolute atomic E-state index is 0.132. The van der Waals surface area contributed by atoms with Crippen molar-refractivity contribution in [3.05, 3.63) is 48.0 Å². The molecule has 5 atom stereocenters. The predicted octanol–water partition coefficient (Wildman–Crippen LogP) is 6.05. The second-order valence-electron chi connectivity index (χ2n) is 20.0. The fourth-order valence-electron chi connectivity index (χ4n) is 8.43. The van der Waals surface area contributed by atoms with E-state index in [1.165, 1.54) is 12.2 Å². The van der Waals surface area contributed by atoms with E-state index in [1.807, 2.05) is 84.0 Å². The number of alkyl carbamates (subject to hydrolysis) is 2. The van der Waals surface area contributed by atoms with Crippen LogP contribution in [0, 0.1) is 17.8 Å². The molecule has 0 radical (unpaired) electrons. The van der Waals surface area contributed by atoms with Crippen LogP contribution in [0.15, 0.2) is 42.5 Å². The van der Waals surface area contributed by atoms with Crippen molar-refractivity contribution < 1.29 is 48.2 Å². The maximum Gasteiger partial charge on any atom is 0.408 e. The molecule has 0 bridgehead atoms. The number of likely N-dealkylation sites (tertiary alicyclic amines) is 1. The summed E-state index contributed by atoms with van der Waals surface area (Å²) >= 11 is 0. The van der Waals surface area contributed by atoms with Gasteiger partial charge in [0.15, 0.2) is 0 Å². The van der Waals surface area contributed by atoms with Crippen molar-refractivity contribution in [3.63, 3.8) is 0 Å². The Hall–Kier alpha value is -4.70. The first-order chi connectivity index (χ1) is 29.3. The molecule has 5 amide bonds. The monoisotopic (exact) mass is 885 g/mol. The van der Waals surface area contributed by atoms with Gasteiger partial charge in [-0.2, -0.15) is 5.06 Å². The quantitative estimate of drug-likeness (QED) is 0.0469. The third-order valence-corrected chi connectivity index (χ3v) is 11.3. The molecule has 0 saturated carbocycles. The number of benzene rings is 1. The second kappa shape index (κ2) is 23.3. The van der Waals surface area contributed by atoms with Crippen LogP contribution in [0.1, 0.15) is 127 Å². The summed E-state index contributed by atoms with van der Waals surface area (Å²) in [6.45, 7) is 21.0. The lowest BCUT2D eigenvalue weighted by Crippen LogP contribution is -2.60. The van der Waals surface area contributed by atoms with Gasteiger partial charge in [0, 0.05) is 37.0 Å². The van der Waals surface area contributed by atoms with Crippen LogP contribution in [0.5, 0.6) is 0 Å². The molecule has 0 aromatic heterocycles. The van der Waals surface area contributed by atoms with Crippen molar-refractivity contribution in [1.82, 2.24) is 31.2 Å². The topological polar surface area (TPSA) is 205 Å². The fourth-order valence-corrected chi connectivity index (χ4v) is 8.43. The molecule has 2 fully saturated rings. The molecule has 0 unspecified atom stereocenters. The molecule has 5 N–H and O–H groups in total. The molecule has 16 nitrogen and oxygen atoms in total. The zero-order chi connectivity index (χ0) is 47.3. The van der Waals surface area contributed by atoms with E-state index in [0.29, 0.717) is 51.5 Å². The standard InChI is InChI=1S/C47H76N6O10/c1-30(2)26-34(49-44(59)63-45(5,6)7)23-22-33(27-32-18-14-13-15-19-32)41(56)52-25-17-21-37(52)39(54)51-38(31(3)4)40(55)50-36(42(57)61-12)20-16-24-48-43(58)62-35-28-46(8,9)53(60)47(10,11)29-35/h13-15,18-19,22-23,30-31,33-38,60H,16-17,20-21,24-29H2,1-12H3,(H,48,58)(H,49,59)(H,50,55)(H,51,54)/b23-22+/t33-,34-,36+,37+,38+/m1/s1. The van der Waals surface area contributed by atoms with Crippen LogP contribution in [0.25, 0.3) is 0 Å². The molecule has 1 aromatic carbocycles. The Balaban J connectivity index is 1.69. The van der Waals surface area contributed by atoms with Gasteiger partial charge < -0.3 is 45.6 Å². The lowest BCUT2D eigenvalue weighted by Gasteiger charge is -2.50. The molecule has 0 aliphatic carbocycles. The Kier molecular flexibility index (Phi) is 19.5. The summed E-state index contributed by atoms with van der Waals surface area (Å²) in [6.07, 6.45) is 5.35. The number of hydrogen-bond acceptors (Lipinski definition) is 11. The van der Waals surface area contributed by atoms with Crippen molar-refractivity contribution in [2.45, 2.75) is 174 Å². The van der Waals surface area contributed by atoms with E-state index in [-0.39, 0.29) is 30.7 Å². The summed E-state index contributed by atoms with van der Waals surface area (Å²) in [5.41, 5.74) is -0.934. The number of nitrogens with zero attached hydrogens (tertiary/aromatic N) is 2. The van der Waals surface area contributed by atoms with Gasteiger partial charge in [0.05, 0.1) is 19.1 Å². The molecule has 1 aromatic rings. The van der Waals surface area contributed by atoms with Gasteiger partial charge in [0.25, 0.3) is 0 Å². The van der Waals surface area contributed by atoms with E-state index in [4.69, 9.17) is 14.2 Å². The zero-order valence-electron chi connectivity index (χ0n) is 39.7. The number of carbonyl (C=O) groups is 6. The maximum absolute atomic E-state index is 14.5. The third-order valence-electron chi connectivity index (χ3n) is 11.3. The molecule has 0 spiro atoms. The summed E-state index contributed by atoms with van der Waals surface area (Å²) in [4.78, 5) is 82.2. The number of rotatable bonds is 19. The Labute approximate surface area is 374 Å². The number of amides is 5. The fraction of sp³-hybridized carbons (Fsp3) is 0.702. The molecule has 2 saturated heterocycles. The van der Waals surface area contributed by atoms with Crippen LogP contribution in [0.3, 0.4) is 0 Å². The number of hydroxylamine groups is 2. The summed E-state index contributed by atoms with van der Waals surface area (Å²) < 4.78 is 16.2. The Bertz CT molecular complexity index is 1710. The maximum atomic E-state index is 14.5. The van der Waals surface area contributed by atoms with Gasteiger partial charge in [-0.05, 0) is 104 Å². The predicted molar refractivity (Wildman–Crippen MR) is 239 cm³/mol. The van der Waals surface area contributed by atoms with Gasteiger partial charge in [0.2, 0.25) is 17.7 Å². The van der Waals surface area contributed by atoms with Crippen LogP contribution in [-0.4, -0.2) is 118 Å². The summed E-state index contributed by atoms with van der Waals surface area (Å²) in [7, 11) is 1.22. The van der Waals surface area contributed by atoms with E-state index in [1.54, 1.807) is 39.5 Å². The van der Waals surface area contributed by atoms with E-state index < -0.39 is 82.8 Å². The number of ether oxygens (including phenoxy) is 3. The summed E-state index contributed by atoms with van der Waals surface area (Å²) in [5.74, 6) is -2.80. The van der Waals surface area contributed by atoms with Crippen LogP contribution in [0.2, 0.25) is 0 Å². The van der Waals surface area contributed by atoms with Crippen molar-refractivity contribution in [2.75, 3.05) is 20.2 Å². The van der Waals surface area contributed by atoms with Gasteiger partial charge in [-0.15, -0.1) is 0 Å². The van der Waals surface area contributed by atoms with Crippen molar-refractivity contribution in [1.29, 1.82) is 0 Å². The largest absolute Gasteiger partial charge is 0.467 e. The highest BCUT2D eigenvalue weighted by Crippen LogP contribution is 2.38. The molecule has 16 heteroatoms. The average Bonchev–Trinajstić information content (AvgIpc) is 3.67. The molecule has 2 heterocycles. The van der Waals surface area contributed by atoms with Gasteiger partial charge in [-0.25, -0.2) is 14.4 Å². The number of methoxy groups -OCH3 is 1. The molecular formula is C47H76N6O10. The van der Waals surface area contributed by atoms with Gasteiger partial charge in [-0.1, -0.05) is 70.2 Å². The number of piperidine rings is 1. The number of carbonyl (C=O) groups excluding carboxylic acids is 6. The van der Waals surface area contributed by atoms with Gasteiger partial charge in [0.1, 0.15) is 29.8 Å². The van der Waals surface area contributed by atoms with Crippen LogP contribution >= 0.6 is 0 Å². The Morgan fingerprint density at radius 3 is 2.11 bits per heavy atom. The van der Waals surface area contributed by atoms with Crippen LogP contribution in [-0.2, 0) is 39.8 Å². The molecular weight excluding hydrogens is 809 g/mol. The number of hydrogen-bond donors (Lipinski definition) is 5. The van der Waals surface area contributed by atoms with Gasteiger partial charge in [-0.3, -0.25) is 14.4 Å². The van der Waals surface area contributed by atoms with Crippen molar-refractivity contribution in [2.24, 2.45) is 17.8 Å². The zero-order valence-corrected chi connectivity index (χ0v) is 39.7. The van der Waals surface area contributed by atoms with Crippen molar-refractivity contribution in [3.8, 4) is 0 Å². The van der Waals surface area contributed by atoms with Crippen LogP contribution < -0.4 is 21.3 Å². The minimum Gasteiger partial charge on any atom is -0.467 e. The van der Waals surface area contributed by atoms with E-state index >= 15 is 0 Å². The molecule has 63 heavy (non-hydrogen) atoms. The highest BCUT2D eigenvalue weighted by Gasteiger charge is 2.46. The third kappa shape index (κ3) is 16.7. The first kappa shape index (κ1) is 52.6. The molecule has 2 aliphatic rings. The van der Waals surface area contributed by atoms with E-state index in [9.17, 15) is 34.0 Å². The highest BCUT2D eigenvalue weighted by atomic mass is 16.6. The minimum atomic E-state index is -1.06.